The quantitative estimate of drug-likeness (QED) is 0.723. The van der Waals surface area contributed by atoms with Gasteiger partial charge in [-0.3, -0.25) is 4.79 Å². The molecule has 3 rings (SSSR count). The Morgan fingerprint density at radius 1 is 1.05 bits per heavy atom. The van der Waals surface area contributed by atoms with Gasteiger partial charge in [-0.2, -0.15) is 11.8 Å². The molecule has 0 bridgehead atoms. The van der Waals surface area contributed by atoms with Crippen LogP contribution in [0.4, 0.5) is 0 Å². The zero-order valence-corrected chi connectivity index (χ0v) is 12.7. The molecule has 20 heavy (non-hydrogen) atoms. The normalized spacial score (nSPS) is 19.8. The standard InChI is InChI=1S/C17H22O2S/c18-17(12-20-16-4-2-1-3-5-16)13-6-8-14(9-7-13)19-15-10-11-15/h6-9,15-16H,1-5,10-12H2. The largest absolute Gasteiger partial charge is 0.490 e. The summed E-state index contributed by atoms with van der Waals surface area (Å²) in [6.45, 7) is 0. The molecule has 2 saturated carbocycles. The molecule has 1 aromatic rings. The lowest BCUT2D eigenvalue weighted by atomic mass is 10.0. The molecule has 0 aromatic heterocycles. The van der Waals surface area contributed by atoms with E-state index in [-0.39, 0.29) is 5.78 Å². The minimum Gasteiger partial charge on any atom is -0.490 e. The average molecular weight is 290 g/mol. The first-order valence-corrected chi connectivity index (χ1v) is 8.77. The number of ether oxygens (including phenoxy) is 1. The van der Waals surface area contributed by atoms with Crippen molar-refractivity contribution in [2.45, 2.75) is 56.3 Å². The van der Waals surface area contributed by atoms with Crippen molar-refractivity contribution in [2.24, 2.45) is 0 Å². The Bertz CT molecular complexity index is 445. The van der Waals surface area contributed by atoms with Crippen LogP contribution in [0.15, 0.2) is 24.3 Å². The van der Waals surface area contributed by atoms with Gasteiger partial charge in [0.1, 0.15) is 5.75 Å². The van der Waals surface area contributed by atoms with Crippen molar-refractivity contribution >= 4 is 17.5 Å². The molecule has 0 radical (unpaired) electrons. The highest BCUT2D eigenvalue weighted by molar-refractivity contribution is 8.00. The zero-order valence-electron chi connectivity index (χ0n) is 11.8. The van der Waals surface area contributed by atoms with E-state index in [1.165, 1.54) is 44.9 Å². The van der Waals surface area contributed by atoms with Crippen LogP contribution in [0.3, 0.4) is 0 Å². The van der Waals surface area contributed by atoms with E-state index < -0.39 is 0 Å². The van der Waals surface area contributed by atoms with Crippen molar-refractivity contribution in [3.63, 3.8) is 0 Å². The Morgan fingerprint density at radius 3 is 2.40 bits per heavy atom. The maximum Gasteiger partial charge on any atom is 0.172 e. The molecule has 0 saturated heterocycles. The highest BCUT2D eigenvalue weighted by Crippen LogP contribution is 2.29. The summed E-state index contributed by atoms with van der Waals surface area (Å²) >= 11 is 1.84. The van der Waals surface area contributed by atoms with Gasteiger partial charge in [-0.05, 0) is 49.9 Å². The van der Waals surface area contributed by atoms with Crippen molar-refractivity contribution in [1.29, 1.82) is 0 Å². The molecule has 3 heteroatoms. The van der Waals surface area contributed by atoms with E-state index in [1.807, 2.05) is 36.0 Å². The monoisotopic (exact) mass is 290 g/mol. The fourth-order valence-electron chi connectivity index (χ4n) is 2.61. The van der Waals surface area contributed by atoms with Crippen molar-refractivity contribution in [3.8, 4) is 5.75 Å². The van der Waals surface area contributed by atoms with E-state index in [1.54, 1.807) is 0 Å². The van der Waals surface area contributed by atoms with Gasteiger partial charge in [0.05, 0.1) is 11.9 Å². The van der Waals surface area contributed by atoms with E-state index in [4.69, 9.17) is 4.74 Å². The number of rotatable bonds is 6. The molecule has 0 amide bonds. The van der Waals surface area contributed by atoms with Crippen molar-refractivity contribution in [2.75, 3.05) is 5.75 Å². The second-order valence-electron chi connectivity index (χ2n) is 5.84. The predicted molar refractivity (Wildman–Crippen MR) is 83.8 cm³/mol. The number of Topliss-reactive ketones (excluding diaryl/α,β-unsaturated/α-hetero) is 1. The summed E-state index contributed by atoms with van der Waals surface area (Å²) in [5.41, 5.74) is 0.816. The van der Waals surface area contributed by atoms with Crippen LogP contribution in [0.5, 0.6) is 5.75 Å². The Labute approximate surface area is 125 Å². The summed E-state index contributed by atoms with van der Waals surface area (Å²) in [5, 5.41) is 0.699. The molecule has 0 N–H and O–H groups in total. The topological polar surface area (TPSA) is 26.3 Å². The molecule has 2 aliphatic rings. The van der Waals surface area contributed by atoms with E-state index in [0.29, 0.717) is 17.1 Å². The van der Waals surface area contributed by atoms with Crippen LogP contribution in [0.1, 0.15) is 55.3 Å². The van der Waals surface area contributed by atoms with Crippen LogP contribution in [-0.4, -0.2) is 22.9 Å². The van der Waals surface area contributed by atoms with Gasteiger partial charge in [-0.25, -0.2) is 0 Å². The third-order valence-corrected chi connectivity index (χ3v) is 5.38. The molecular weight excluding hydrogens is 268 g/mol. The van der Waals surface area contributed by atoms with Crippen molar-refractivity contribution in [1.82, 2.24) is 0 Å². The number of hydrogen-bond acceptors (Lipinski definition) is 3. The smallest absolute Gasteiger partial charge is 0.172 e. The molecule has 0 heterocycles. The van der Waals surface area contributed by atoms with Crippen LogP contribution in [0.2, 0.25) is 0 Å². The molecule has 0 spiro atoms. The minimum absolute atomic E-state index is 0.249. The summed E-state index contributed by atoms with van der Waals surface area (Å²) in [4.78, 5) is 12.2. The van der Waals surface area contributed by atoms with Crippen LogP contribution in [0, 0.1) is 0 Å². The fourth-order valence-corrected chi connectivity index (χ4v) is 3.83. The van der Waals surface area contributed by atoms with Gasteiger partial charge in [0.25, 0.3) is 0 Å². The summed E-state index contributed by atoms with van der Waals surface area (Å²) in [6.07, 6.45) is 9.35. The molecule has 0 atom stereocenters. The molecule has 2 aliphatic carbocycles. The Balaban J connectivity index is 1.48. The third kappa shape index (κ3) is 4.02. The first-order chi connectivity index (χ1) is 9.81. The molecule has 2 fully saturated rings. The maximum absolute atomic E-state index is 12.2. The predicted octanol–water partition coefficient (Wildman–Crippen LogP) is 4.48. The highest BCUT2D eigenvalue weighted by Gasteiger charge is 2.23. The Kier molecular flexibility index (Phi) is 4.66. The zero-order chi connectivity index (χ0) is 13.8. The number of ketones is 1. The number of thioether (sulfide) groups is 1. The summed E-state index contributed by atoms with van der Waals surface area (Å²) in [5.74, 6) is 1.76. The number of benzene rings is 1. The van der Waals surface area contributed by atoms with Gasteiger partial charge in [-0.1, -0.05) is 19.3 Å². The van der Waals surface area contributed by atoms with Crippen LogP contribution in [-0.2, 0) is 0 Å². The van der Waals surface area contributed by atoms with Crippen LogP contribution < -0.4 is 4.74 Å². The van der Waals surface area contributed by atoms with E-state index in [0.717, 1.165) is 11.3 Å². The van der Waals surface area contributed by atoms with Gasteiger partial charge in [0.2, 0.25) is 0 Å². The minimum atomic E-state index is 0.249. The van der Waals surface area contributed by atoms with Crippen molar-refractivity contribution in [3.05, 3.63) is 29.8 Å². The molecule has 108 valence electrons. The number of carbonyl (C=O) groups excluding carboxylic acids is 1. The fraction of sp³-hybridized carbons (Fsp3) is 0.588. The van der Waals surface area contributed by atoms with Crippen LogP contribution in [0.25, 0.3) is 0 Å². The molecule has 0 aliphatic heterocycles. The molecule has 1 aromatic carbocycles. The van der Waals surface area contributed by atoms with Gasteiger partial charge >= 0.3 is 0 Å². The van der Waals surface area contributed by atoms with E-state index in [2.05, 4.69) is 0 Å². The SMILES string of the molecule is O=C(CSC1CCCCC1)c1ccc(OC2CC2)cc1. The lowest BCUT2D eigenvalue weighted by Gasteiger charge is -2.20. The molecule has 2 nitrogen and oxygen atoms in total. The van der Waals surface area contributed by atoms with Crippen LogP contribution >= 0.6 is 11.8 Å². The molecular formula is C17H22O2S. The maximum atomic E-state index is 12.2. The number of carbonyl (C=O) groups is 1. The lowest BCUT2D eigenvalue weighted by Crippen LogP contribution is -2.12. The average Bonchev–Trinajstić information content (AvgIpc) is 3.31. The second-order valence-corrected chi connectivity index (χ2v) is 7.12. The van der Waals surface area contributed by atoms with Gasteiger partial charge in [0, 0.05) is 10.8 Å². The van der Waals surface area contributed by atoms with E-state index in [9.17, 15) is 4.79 Å². The first-order valence-electron chi connectivity index (χ1n) is 7.73. The third-order valence-electron chi connectivity index (χ3n) is 4.01. The summed E-state index contributed by atoms with van der Waals surface area (Å²) < 4.78 is 5.70. The van der Waals surface area contributed by atoms with Gasteiger partial charge in [-0.15, -0.1) is 0 Å². The first kappa shape index (κ1) is 14.0. The lowest BCUT2D eigenvalue weighted by molar-refractivity contribution is 0.102. The highest BCUT2D eigenvalue weighted by atomic mass is 32.2. The van der Waals surface area contributed by atoms with E-state index >= 15 is 0 Å². The molecule has 0 unspecified atom stereocenters. The Hall–Kier alpha value is -0.960. The second kappa shape index (κ2) is 6.66. The summed E-state index contributed by atoms with van der Waals surface area (Å²) in [7, 11) is 0. The van der Waals surface area contributed by atoms with Gasteiger partial charge in [0.15, 0.2) is 5.78 Å². The van der Waals surface area contributed by atoms with Crippen molar-refractivity contribution < 1.29 is 9.53 Å². The number of hydrogen-bond donors (Lipinski definition) is 0. The Morgan fingerprint density at radius 2 is 1.75 bits per heavy atom. The van der Waals surface area contributed by atoms with Gasteiger partial charge < -0.3 is 4.74 Å². The summed E-state index contributed by atoms with van der Waals surface area (Å²) in [6, 6.07) is 7.66.